The lowest BCUT2D eigenvalue weighted by molar-refractivity contribution is -0.385. The molecule has 1 aromatic carbocycles. The highest BCUT2D eigenvalue weighted by atomic mass is 79.9. The van der Waals surface area contributed by atoms with E-state index in [-0.39, 0.29) is 35.7 Å². The maximum atomic E-state index is 11.9. The molecule has 5 aliphatic rings. The molecule has 4 aliphatic heterocycles. The average Bonchev–Trinajstić information content (AvgIpc) is 3.24. The normalized spacial score (nSPS) is 52.1. The number of rotatable bonds is 1. The highest BCUT2D eigenvalue weighted by Crippen LogP contribution is 2.90. The van der Waals surface area contributed by atoms with Crippen molar-refractivity contribution in [2.24, 2.45) is 0 Å². The molecule has 0 unspecified atom stereocenters. The zero-order chi connectivity index (χ0) is 27.0. The Morgan fingerprint density at radius 1 is 0.667 bits per heavy atom. The first-order valence-corrected chi connectivity index (χ1v) is 14.6. The summed E-state index contributed by atoms with van der Waals surface area (Å²) in [5.41, 5.74) is -0.682. The van der Waals surface area contributed by atoms with Crippen LogP contribution in [0.25, 0.3) is 0 Å². The van der Waals surface area contributed by atoms with Gasteiger partial charge in [-0.05, 0) is 33.1 Å². The number of hydrogen-bond donors (Lipinski definition) is 0. The van der Waals surface area contributed by atoms with Gasteiger partial charge in [0.2, 0.25) is 20.2 Å². The summed E-state index contributed by atoms with van der Waals surface area (Å²) in [4.78, 5) is 1.56. The Labute approximate surface area is 270 Å². The van der Waals surface area contributed by atoms with Gasteiger partial charge in [0.25, 0.3) is 5.69 Å². The summed E-state index contributed by atoms with van der Waals surface area (Å²) in [6, 6.07) is 2.31. The quantitative estimate of drug-likeness (QED) is 0.161. The van der Waals surface area contributed by atoms with Crippen LogP contribution in [0.5, 0.6) is 0 Å². The predicted octanol–water partition coefficient (Wildman–Crippen LogP) is 9.40. The first kappa shape index (κ1) is 28.1. The van der Waals surface area contributed by atoms with E-state index in [0.717, 1.165) is 6.07 Å². The van der Waals surface area contributed by atoms with Gasteiger partial charge in [-0.1, -0.05) is 92.8 Å². The number of nitrogens with zero attached hydrogens (tertiary/aromatic N) is 1. The molecule has 2 fully saturated rings. The molecule has 0 N–H and O–H groups in total. The average molecular weight is 802 g/mol. The Hall–Kier alpha value is 1.98. The van der Waals surface area contributed by atoms with E-state index in [1.165, 1.54) is 6.07 Å². The largest absolute Gasteiger partial charge is 0.323 e. The molecule has 0 amide bonds. The molecule has 194 valence electrons. The van der Waals surface area contributed by atoms with Gasteiger partial charge in [-0.2, -0.15) is 0 Å². The van der Waals surface area contributed by atoms with Crippen LogP contribution in [0.3, 0.4) is 0 Å². The Morgan fingerprint density at radius 3 is 1.36 bits per heavy atom. The van der Waals surface area contributed by atoms with Crippen molar-refractivity contribution >= 4 is 161 Å². The summed E-state index contributed by atoms with van der Waals surface area (Å²) in [5.74, 6) is 0. The van der Waals surface area contributed by atoms with E-state index in [1.807, 2.05) is 0 Å². The Bertz CT molecular complexity index is 1440. The van der Waals surface area contributed by atoms with Gasteiger partial charge < -0.3 is 9.47 Å². The second-order valence-electron chi connectivity index (χ2n) is 8.58. The molecule has 0 radical (unpaired) electrons. The monoisotopic (exact) mass is 795 g/mol. The van der Waals surface area contributed by atoms with Crippen LogP contribution >= 0.6 is 155 Å². The van der Waals surface area contributed by atoms with Gasteiger partial charge >= 0.3 is 0 Å². The lowest BCUT2D eigenvalue weighted by atomic mass is 9.55. The van der Waals surface area contributed by atoms with Crippen molar-refractivity contribution < 1.29 is 14.4 Å². The molecule has 4 bridgehead atoms. The van der Waals surface area contributed by atoms with Crippen molar-refractivity contribution in [3.05, 3.63) is 58.0 Å². The second kappa shape index (κ2) is 7.30. The van der Waals surface area contributed by atoms with Crippen LogP contribution in [-0.4, -0.2) is 34.9 Å². The zero-order valence-corrected chi connectivity index (χ0v) is 26.8. The number of nitro benzene ring substituents is 1. The summed E-state index contributed by atoms with van der Waals surface area (Å²) in [7, 11) is 0. The summed E-state index contributed by atoms with van der Waals surface area (Å²) in [5, 5.41) is 1.03. The van der Waals surface area contributed by atoms with Crippen LogP contribution < -0.4 is 0 Å². The second-order valence-corrected chi connectivity index (χ2v) is 15.3. The predicted molar refractivity (Wildman–Crippen MR) is 147 cm³/mol. The number of ether oxygens (including phenoxy) is 2. The third kappa shape index (κ3) is 2.22. The van der Waals surface area contributed by atoms with E-state index in [1.54, 1.807) is 0 Å². The third-order valence-electron chi connectivity index (χ3n) is 7.30. The van der Waals surface area contributed by atoms with Crippen LogP contribution in [0.2, 0.25) is 0 Å². The summed E-state index contributed by atoms with van der Waals surface area (Å²) in [6.07, 6.45) is 0. The van der Waals surface area contributed by atoms with E-state index in [0.29, 0.717) is 0 Å². The Balaban J connectivity index is 1.91. The van der Waals surface area contributed by atoms with Gasteiger partial charge in [0.1, 0.15) is 19.5 Å². The van der Waals surface area contributed by atoms with Gasteiger partial charge in [0.15, 0.2) is 0 Å². The van der Waals surface area contributed by atoms with Gasteiger partial charge in [-0.25, -0.2) is 0 Å². The third-order valence-corrected chi connectivity index (χ3v) is 16.4. The summed E-state index contributed by atoms with van der Waals surface area (Å²) in [6.45, 7) is 0. The Kier molecular flexibility index (Phi) is 5.70. The number of fused-ring (bicyclic) bond motifs is 14. The molecule has 6 rings (SSSR count). The topological polar surface area (TPSA) is 61.6 Å². The molecule has 1 aromatic rings. The fourth-order valence-corrected chi connectivity index (χ4v) is 12.7. The maximum absolute atomic E-state index is 11.9. The molecule has 0 spiro atoms. The minimum atomic E-state index is -2.53. The van der Waals surface area contributed by atoms with Crippen molar-refractivity contribution in [3.8, 4) is 0 Å². The lowest BCUT2D eigenvalue weighted by Gasteiger charge is -2.64. The minimum absolute atomic E-state index is 0.0431. The van der Waals surface area contributed by atoms with Crippen LogP contribution in [0.4, 0.5) is 5.69 Å². The van der Waals surface area contributed by atoms with Crippen molar-refractivity contribution in [1.29, 1.82) is 0 Å². The molecule has 4 heterocycles. The number of halogens is 13. The zero-order valence-electron chi connectivity index (χ0n) is 16.1. The molecule has 0 aromatic heterocycles. The van der Waals surface area contributed by atoms with Crippen molar-refractivity contribution in [1.82, 2.24) is 0 Å². The number of alkyl halides is 8. The van der Waals surface area contributed by atoms with E-state index in [9.17, 15) is 10.1 Å². The fourth-order valence-electron chi connectivity index (χ4n) is 5.81. The van der Waals surface area contributed by atoms with E-state index < -0.39 is 50.3 Å². The van der Waals surface area contributed by atoms with Crippen molar-refractivity contribution in [2.45, 2.75) is 39.7 Å². The molecule has 36 heavy (non-hydrogen) atoms. The molecule has 18 heteroatoms. The summed E-state index contributed by atoms with van der Waals surface area (Å²) < 4.78 is 11.8. The summed E-state index contributed by atoms with van der Waals surface area (Å²) >= 11 is 86.4. The standard InChI is InChI=1S/C18H2BrCl12NO4/c19-5-1-3-4(2-6(5)32(33)34)12(25)14(27)8(21)10(23)16(29,36-14)18(12,31)17(30)11(3,24)13(26)7(20)9(22)15(17,28)35-13/h1-2H/t11-,12-,13-,14+,15+,16+,17+,18+/m1/s1. The highest BCUT2D eigenvalue weighted by molar-refractivity contribution is 9.10. The number of nitro groups is 1. The van der Waals surface area contributed by atoms with Crippen molar-refractivity contribution in [3.63, 3.8) is 0 Å². The molecule has 1 aliphatic carbocycles. The fraction of sp³-hybridized carbons (Fsp3) is 0.444. The first-order valence-electron chi connectivity index (χ1n) is 9.27. The Morgan fingerprint density at radius 2 is 1.00 bits per heavy atom. The van der Waals surface area contributed by atoms with Gasteiger partial charge in [0.05, 0.1) is 29.5 Å². The van der Waals surface area contributed by atoms with Crippen LogP contribution in [0.1, 0.15) is 11.1 Å². The molecule has 0 saturated carbocycles. The van der Waals surface area contributed by atoms with Crippen LogP contribution in [-0.2, 0) is 19.2 Å². The number of hydrogen-bond acceptors (Lipinski definition) is 4. The van der Waals surface area contributed by atoms with E-state index >= 15 is 0 Å². The highest BCUT2D eigenvalue weighted by Gasteiger charge is 3.02. The molecular weight excluding hydrogens is 800 g/mol. The van der Waals surface area contributed by atoms with Gasteiger partial charge in [-0.15, -0.1) is 46.4 Å². The van der Waals surface area contributed by atoms with Crippen LogP contribution in [0, 0.1) is 10.1 Å². The van der Waals surface area contributed by atoms with Crippen molar-refractivity contribution in [2.75, 3.05) is 0 Å². The van der Waals surface area contributed by atoms with Crippen LogP contribution in [0.15, 0.2) is 36.7 Å². The first-order chi connectivity index (χ1) is 16.2. The van der Waals surface area contributed by atoms with E-state index in [4.69, 9.17) is 149 Å². The molecular formula is C18H2BrCl12NO4. The molecule has 2 saturated heterocycles. The lowest BCUT2D eigenvalue weighted by Crippen LogP contribution is -2.80. The minimum Gasteiger partial charge on any atom is -0.323 e. The number of benzene rings is 1. The maximum Gasteiger partial charge on any atom is 0.283 e. The van der Waals surface area contributed by atoms with Gasteiger partial charge in [-0.3, -0.25) is 10.1 Å². The van der Waals surface area contributed by atoms with E-state index in [2.05, 4.69) is 15.9 Å². The van der Waals surface area contributed by atoms with Gasteiger partial charge in [0, 0.05) is 6.07 Å². The SMILES string of the molecule is O=[N+]([O-])c1cc2c(cc1Br)[C@]1(Cl)[C@@](Cl)([C@]3(Cl)[C@]2(Cl)[C@@]2(Cl)O[C@@]3(Cl)C(Cl)=C2Cl)[C@@]2(Cl)O[C@]1(Cl)C(Cl)=C2Cl. The molecule has 5 nitrogen and oxygen atoms in total. The smallest absolute Gasteiger partial charge is 0.283 e. The molecule has 8 atom stereocenters.